The number of carboxylic acids is 1. The van der Waals surface area contributed by atoms with E-state index in [4.69, 9.17) is 5.11 Å². The van der Waals surface area contributed by atoms with E-state index in [2.05, 4.69) is 0 Å². The minimum atomic E-state index is -0.781. The van der Waals surface area contributed by atoms with Gasteiger partial charge in [0.15, 0.2) is 0 Å². The molecule has 1 atom stereocenters. The highest BCUT2D eigenvalue weighted by molar-refractivity contribution is 7.12. The lowest BCUT2D eigenvalue weighted by atomic mass is 9.97. The fourth-order valence-corrected chi connectivity index (χ4v) is 3.63. The zero-order valence-electron chi connectivity index (χ0n) is 11.8. The molecule has 1 aliphatic heterocycles. The summed E-state index contributed by atoms with van der Waals surface area (Å²) >= 11 is 1.66. The Bertz CT molecular complexity index is 483. The Morgan fingerprint density at radius 3 is 2.85 bits per heavy atom. The van der Waals surface area contributed by atoms with Crippen molar-refractivity contribution >= 4 is 23.2 Å². The van der Waals surface area contributed by atoms with E-state index in [0.717, 1.165) is 30.7 Å². The number of carboxylic acid groups (broad SMARTS) is 1. The van der Waals surface area contributed by atoms with Gasteiger partial charge in [-0.05, 0) is 44.7 Å². The molecule has 0 unspecified atom stereocenters. The number of carbonyl (C=O) groups excluding carboxylic acids is 1. The summed E-state index contributed by atoms with van der Waals surface area (Å²) in [7, 11) is 0. The third-order valence-electron chi connectivity index (χ3n) is 3.76. The zero-order chi connectivity index (χ0) is 14.5. The number of thiophene rings is 1. The van der Waals surface area contributed by atoms with E-state index in [0.29, 0.717) is 12.8 Å². The first kappa shape index (κ1) is 15.0. The van der Waals surface area contributed by atoms with E-state index >= 15 is 0 Å². The van der Waals surface area contributed by atoms with Crippen LogP contribution in [0.15, 0.2) is 12.1 Å². The topological polar surface area (TPSA) is 57.6 Å². The molecule has 1 N–H and O–H groups in total. The third-order valence-corrected chi connectivity index (χ3v) is 4.76. The summed E-state index contributed by atoms with van der Waals surface area (Å²) < 4.78 is 0. The van der Waals surface area contributed by atoms with Crippen LogP contribution >= 0.6 is 11.3 Å². The van der Waals surface area contributed by atoms with Crippen molar-refractivity contribution in [3.05, 3.63) is 21.9 Å². The molecular formula is C15H21NO3S. The Morgan fingerprint density at radius 2 is 2.20 bits per heavy atom. The highest BCUT2D eigenvalue weighted by atomic mass is 32.1. The number of nitrogens with zero attached hydrogens (tertiary/aromatic N) is 1. The van der Waals surface area contributed by atoms with Crippen LogP contribution in [0.3, 0.4) is 0 Å². The molecule has 0 aromatic carbocycles. The standard InChI is InChI=1S/C15H21NO3S/c1-11-5-7-13(20-11)10-14(17)16-9-3-2-4-12(16)6-8-15(18)19/h5,7,12H,2-4,6,8-10H2,1H3,(H,18,19)/t12-/m0/s1. The maximum Gasteiger partial charge on any atom is 0.303 e. The molecule has 0 saturated carbocycles. The average Bonchev–Trinajstić information content (AvgIpc) is 2.82. The third kappa shape index (κ3) is 4.07. The largest absolute Gasteiger partial charge is 0.481 e. The van der Waals surface area contributed by atoms with Crippen molar-refractivity contribution < 1.29 is 14.7 Å². The van der Waals surface area contributed by atoms with Gasteiger partial charge >= 0.3 is 5.97 Å². The first-order valence-corrected chi connectivity index (χ1v) is 7.94. The predicted molar refractivity (Wildman–Crippen MR) is 79.0 cm³/mol. The van der Waals surface area contributed by atoms with E-state index in [-0.39, 0.29) is 18.4 Å². The van der Waals surface area contributed by atoms with Crippen molar-refractivity contribution in [3.63, 3.8) is 0 Å². The van der Waals surface area contributed by atoms with Gasteiger partial charge in [0.2, 0.25) is 5.91 Å². The highest BCUT2D eigenvalue weighted by Gasteiger charge is 2.27. The number of aryl methyl sites for hydroxylation is 1. The summed E-state index contributed by atoms with van der Waals surface area (Å²) in [5.74, 6) is -0.640. The first-order valence-electron chi connectivity index (χ1n) is 7.13. The SMILES string of the molecule is Cc1ccc(CC(=O)N2CCCC[C@H]2CCC(=O)O)s1. The number of piperidine rings is 1. The number of rotatable bonds is 5. The molecule has 1 amide bonds. The van der Waals surface area contributed by atoms with Crippen molar-refractivity contribution in [2.24, 2.45) is 0 Å². The van der Waals surface area contributed by atoms with Gasteiger partial charge in [-0.1, -0.05) is 0 Å². The second-order valence-corrected chi connectivity index (χ2v) is 6.73. The van der Waals surface area contributed by atoms with E-state index in [9.17, 15) is 9.59 Å². The van der Waals surface area contributed by atoms with Gasteiger partial charge in [0.05, 0.1) is 6.42 Å². The first-order chi connectivity index (χ1) is 9.56. The molecule has 2 heterocycles. The van der Waals surface area contributed by atoms with E-state index in [1.807, 2.05) is 24.0 Å². The second kappa shape index (κ2) is 6.88. The molecule has 1 aliphatic rings. The molecule has 1 aromatic heterocycles. The van der Waals surface area contributed by atoms with Gasteiger partial charge in [0.1, 0.15) is 0 Å². The van der Waals surface area contributed by atoms with Gasteiger partial charge in [-0.2, -0.15) is 0 Å². The van der Waals surface area contributed by atoms with Crippen LogP contribution in [0.25, 0.3) is 0 Å². The Labute approximate surface area is 123 Å². The molecule has 2 rings (SSSR count). The number of hydrogen-bond acceptors (Lipinski definition) is 3. The summed E-state index contributed by atoms with van der Waals surface area (Å²) in [5, 5.41) is 8.81. The summed E-state index contributed by atoms with van der Waals surface area (Å²) in [6, 6.07) is 4.15. The van der Waals surface area contributed by atoms with Crippen molar-refractivity contribution in [1.29, 1.82) is 0 Å². The molecule has 20 heavy (non-hydrogen) atoms. The summed E-state index contributed by atoms with van der Waals surface area (Å²) in [4.78, 5) is 27.3. The van der Waals surface area contributed by atoms with Crippen LogP contribution in [0.1, 0.15) is 41.9 Å². The van der Waals surface area contributed by atoms with Crippen molar-refractivity contribution in [1.82, 2.24) is 4.90 Å². The molecule has 1 aromatic rings. The van der Waals surface area contributed by atoms with Crippen LogP contribution in [-0.4, -0.2) is 34.5 Å². The quantitative estimate of drug-likeness (QED) is 0.908. The van der Waals surface area contributed by atoms with Gasteiger partial charge in [0.25, 0.3) is 0 Å². The molecule has 0 bridgehead atoms. The fourth-order valence-electron chi connectivity index (χ4n) is 2.75. The summed E-state index contributed by atoms with van der Waals surface area (Å²) in [6.45, 7) is 2.81. The van der Waals surface area contributed by atoms with Crippen LogP contribution in [0.2, 0.25) is 0 Å². The van der Waals surface area contributed by atoms with Crippen LogP contribution in [-0.2, 0) is 16.0 Å². The van der Waals surface area contributed by atoms with Crippen LogP contribution in [0.5, 0.6) is 0 Å². The molecule has 0 spiro atoms. The number of hydrogen-bond donors (Lipinski definition) is 1. The highest BCUT2D eigenvalue weighted by Crippen LogP contribution is 2.23. The van der Waals surface area contributed by atoms with Crippen molar-refractivity contribution in [3.8, 4) is 0 Å². The number of amides is 1. The molecular weight excluding hydrogens is 274 g/mol. The van der Waals surface area contributed by atoms with Gasteiger partial charge in [-0.15, -0.1) is 11.3 Å². The normalized spacial score (nSPS) is 19.1. The molecule has 110 valence electrons. The molecule has 4 nitrogen and oxygen atoms in total. The Balaban J connectivity index is 1.95. The molecule has 0 aliphatic carbocycles. The van der Waals surface area contributed by atoms with E-state index in [1.54, 1.807) is 11.3 Å². The Kier molecular flexibility index (Phi) is 5.17. The summed E-state index contributed by atoms with van der Waals surface area (Å²) in [6.07, 6.45) is 4.21. The lowest BCUT2D eigenvalue weighted by Crippen LogP contribution is -2.44. The monoisotopic (exact) mass is 295 g/mol. The molecule has 1 saturated heterocycles. The minimum absolute atomic E-state index is 0.105. The lowest BCUT2D eigenvalue weighted by Gasteiger charge is -2.35. The van der Waals surface area contributed by atoms with Crippen LogP contribution in [0.4, 0.5) is 0 Å². The van der Waals surface area contributed by atoms with Crippen molar-refractivity contribution in [2.45, 2.75) is 51.5 Å². The van der Waals surface area contributed by atoms with Gasteiger partial charge in [-0.3, -0.25) is 9.59 Å². The smallest absolute Gasteiger partial charge is 0.303 e. The second-order valence-electron chi connectivity index (χ2n) is 5.36. The molecule has 5 heteroatoms. The number of carbonyl (C=O) groups is 2. The minimum Gasteiger partial charge on any atom is -0.481 e. The van der Waals surface area contributed by atoms with E-state index < -0.39 is 5.97 Å². The fraction of sp³-hybridized carbons (Fsp3) is 0.600. The van der Waals surface area contributed by atoms with Gasteiger partial charge in [0, 0.05) is 28.8 Å². The maximum absolute atomic E-state index is 12.4. The summed E-state index contributed by atoms with van der Waals surface area (Å²) in [5.41, 5.74) is 0. The Morgan fingerprint density at radius 1 is 1.40 bits per heavy atom. The van der Waals surface area contributed by atoms with Crippen LogP contribution < -0.4 is 0 Å². The maximum atomic E-state index is 12.4. The molecule has 0 radical (unpaired) electrons. The molecule has 1 fully saturated rings. The van der Waals surface area contributed by atoms with Gasteiger partial charge in [-0.25, -0.2) is 0 Å². The van der Waals surface area contributed by atoms with Gasteiger partial charge < -0.3 is 10.0 Å². The average molecular weight is 295 g/mol. The lowest BCUT2D eigenvalue weighted by molar-refractivity contribution is -0.139. The van der Waals surface area contributed by atoms with E-state index in [1.165, 1.54) is 4.88 Å². The van der Waals surface area contributed by atoms with Crippen molar-refractivity contribution in [2.75, 3.05) is 6.54 Å². The number of aliphatic carboxylic acids is 1. The number of likely N-dealkylation sites (tertiary alicyclic amines) is 1. The Hall–Kier alpha value is -1.36. The predicted octanol–water partition coefficient (Wildman–Crippen LogP) is 2.84. The van der Waals surface area contributed by atoms with Crippen LogP contribution in [0, 0.1) is 6.92 Å². The zero-order valence-corrected chi connectivity index (χ0v) is 12.6.